The topological polar surface area (TPSA) is 60.8 Å². The third-order valence-corrected chi connectivity index (χ3v) is 1.38. The van der Waals surface area contributed by atoms with Crippen LogP contribution in [0.2, 0.25) is 0 Å². The molecule has 2 rings (SSSR count). The Morgan fingerprint density at radius 1 is 0.833 bits per heavy atom. The zero-order chi connectivity index (χ0) is 6.81. The normalized spacial score (nSPS) is 8.33. The van der Waals surface area contributed by atoms with E-state index >= 15 is 0 Å². The quantitative estimate of drug-likeness (QED) is 0.794. The van der Waals surface area contributed by atoms with Crippen LogP contribution in [0.4, 0.5) is 0 Å². The number of nitrogens with zero attached hydrogens (tertiary/aromatic N) is 2. The van der Waals surface area contributed by atoms with Gasteiger partial charge in [0, 0.05) is 33.5 Å². The molecule has 0 saturated carbocycles. The first-order valence-electron chi connectivity index (χ1n) is 3.12. The Labute approximate surface area is 85.1 Å². The Hall–Kier alpha value is -0.792. The Kier molecular flexibility index (Phi) is 4.63. The molecule has 1 aromatic heterocycles. The first kappa shape index (κ1) is 11.2. The van der Waals surface area contributed by atoms with Crippen LogP contribution < -0.4 is 6.15 Å². The SMILES string of the molecule is N.[Pt].c1ccc2nccnc2c1. The summed E-state index contributed by atoms with van der Waals surface area (Å²) >= 11 is 0. The van der Waals surface area contributed by atoms with E-state index in [4.69, 9.17) is 0 Å². The van der Waals surface area contributed by atoms with Gasteiger partial charge in [0.15, 0.2) is 0 Å². The van der Waals surface area contributed by atoms with Gasteiger partial charge in [-0.1, -0.05) is 12.1 Å². The molecule has 0 aliphatic carbocycles. The molecule has 0 saturated heterocycles. The molecule has 0 radical (unpaired) electrons. The molecule has 1 heterocycles. The summed E-state index contributed by atoms with van der Waals surface area (Å²) in [4.78, 5) is 8.24. The van der Waals surface area contributed by atoms with Gasteiger partial charge in [0.25, 0.3) is 0 Å². The molecule has 0 bridgehead atoms. The molecule has 0 atom stereocenters. The van der Waals surface area contributed by atoms with Gasteiger partial charge in [-0.25, -0.2) is 0 Å². The van der Waals surface area contributed by atoms with Gasteiger partial charge in [-0.05, 0) is 12.1 Å². The van der Waals surface area contributed by atoms with Crippen LogP contribution in [-0.2, 0) is 21.1 Å². The standard InChI is InChI=1S/C8H6N2.H3N.Pt/c1-2-4-8-7(3-1)9-5-6-10-8;;/h1-6H;1H3;. The molecule has 0 aliphatic heterocycles. The molecule has 0 spiro atoms. The predicted octanol–water partition coefficient (Wildman–Crippen LogP) is 1.79. The van der Waals surface area contributed by atoms with Crippen LogP contribution in [0.1, 0.15) is 0 Å². The fourth-order valence-corrected chi connectivity index (χ4v) is 0.910. The van der Waals surface area contributed by atoms with Gasteiger partial charge in [-0.3, -0.25) is 9.97 Å². The summed E-state index contributed by atoms with van der Waals surface area (Å²) in [5, 5.41) is 0. The predicted molar refractivity (Wildman–Crippen MR) is 44.6 cm³/mol. The van der Waals surface area contributed by atoms with Crippen molar-refractivity contribution in [3.05, 3.63) is 36.7 Å². The maximum absolute atomic E-state index is 4.12. The minimum Gasteiger partial charge on any atom is -0.344 e. The number of para-hydroxylation sites is 2. The maximum Gasteiger partial charge on any atom is 0.0886 e. The Morgan fingerprint density at radius 3 is 1.67 bits per heavy atom. The molecule has 0 unspecified atom stereocenters. The summed E-state index contributed by atoms with van der Waals surface area (Å²) in [6, 6.07) is 7.80. The van der Waals surface area contributed by atoms with Crippen molar-refractivity contribution >= 4 is 11.0 Å². The second-order valence-corrected chi connectivity index (χ2v) is 2.05. The van der Waals surface area contributed by atoms with Gasteiger partial charge in [0.1, 0.15) is 0 Å². The van der Waals surface area contributed by atoms with E-state index in [1.54, 1.807) is 12.4 Å². The molecule has 2 aromatic rings. The first-order chi connectivity index (χ1) is 4.97. The fraction of sp³-hybridized carbons (Fsp3) is 0. The number of benzene rings is 1. The van der Waals surface area contributed by atoms with Crippen molar-refractivity contribution in [2.75, 3.05) is 0 Å². The van der Waals surface area contributed by atoms with E-state index in [0.717, 1.165) is 11.0 Å². The molecule has 0 aliphatic rings. The minimum absolute atomic E-state index is 0. The summed E-state index contributed by atoms with van der Waals surface area (Å²) < 4.78 is 0. The van der Waals surface area contributed by atoms with Crippen LogP contribution >= 0.6 is 0 Å². The van der Waals surface area contributed by atoms with Gasteiger partial charge in [-0.2, -0.15) is 0 Å². The van der Waals surface area contributed by atoms with Crippen molar-refractivity contribution in [3.8, 4) is 0 Å². The van der Waals surface area contributed by atoms with E-state index in [2.05, 4.69) is 9.97 Å². The smallest absolute Gasteiger partial charge is 0.0886 e. The van der Waals surface area contributed by atoms with E-state index in [1.165, 1.54) is 0 Å². The largest absolute Gasteiger partial charge is 0.344 e. The van der Waals surface area contributed by atoms with Gasteiger partial charge >= 0.3 is 0 Å². The van der Waals surface area contributed by atoms with Crippen LogP contribution in [-0.4, -0.2) is 9.97 Å². The fourth-order valence-electron chi connectivity index (χ4n) is 0.910. The molecular formula is C8H9N3Pt. The van der Waals surface area contributed by atoms with Crippen molar-refractivity contribution in [1.29, 1.82) is 0 Å². The Balaban J connectivity index is 0.000000605. The summed E-state index contributed by atoms with van der Waals surface area (Å²) in [5.41, 5.74) is 1.90. The number of hydrogen-bond acceptors (Lipinski definition) is 3. The van der Waals surface area contributed by atoms with Crippen LogP contribution in [0.25, 0.3) is 11.0 Å². The maximum atomic E-state index is 4.12. The molecule has 12 heavy (non-hydrogen) atoms. The molecule has 3 N–H and O–H groups in total. The van der Waals surface area contributed by atoms with Crippen LogP contribution in [0, 0.1) is 0 Å². The Morgan fingerprint density at radius 2 is 1.25 bits per heavy atom. The monoisotopic (exact) mass is 342 g/mol. The number of fused-ring (bicyclic) bond motifs is 1. The van der Waals surface area contributed by atoms with E-state index in [0.29, 0.717) is 0 Å². The molecule has 66 valence electrons. The summed E-state index contributed by atoms with van der Waals surface area (Å²) in [6.07, 6.45) is 3.39. The third-order valence-electron chi connectivity index (χ3n) is 1.38. The Bertz CT molecular complexity index is 285. The van der Waals surface area contributed by atoms with Crippen LogP contribution in [0.5, 0.6) is 0 Å². The number of rotatable bonds is 0. The molecule has 0 fully saturated rings. The van der Waals surface area contributed by atoms with Crippen molar-refractivity contribution in [2.24, 2.45) is 0 Å². The molecule has 4 heteroatoms. The average Bonchev–Trinajstić information content (AvgIpc) is 2.05. The van der Waals surface area contributed by atoms with Crippen LogP contribution in [0.3, 0.4) is 0 Å². The summed E-state index contributed by atoms with van der Waals surface area (Å²) in [5.74, 6) is 0. The summed E-state index contributed by atoms with van der Waals surface area (Å²) in [7, 11) is 0. The van der Waals surface area contributed by atoms with Gasteiger partial charge < -0.3 is 6.15 Å². The number of hydrogen-bond donors (Lipinski definition) is 1. The second kappa shape index (κ2) is 4.96. The van der Waals surface area contributed by atoms with Crippen molar-refractivity contribution < 1.29 is 21.1 Å². The minimum atomic E-state index is 0. The average molecular weight is 342 g/mol. The zero-order valence-corrected chi connectivity index (χ0v) is 8.65. The van der Waals surface area contributed by atoms with Gasteiger partial charge in [0.05, 0.1) is 11.0 Å². The first-order valence-corrected chi connectivity index (χ1v) is 3.12. The van der Waals surface area contributed by atoms with Crippen molar-refractivity contribution in [3.63, 3.8) is 0 Å². The number of aromatic nitrogens is 2. The van der Waals surface area contributed by atoms with Gasteiger partial charge in [0.2, 0.25) is 0 Å². The van der Waals surface area contributed by atoms with Crippen molar-refractivity contribution in [2.45, 2.75) is 0 Å². The molecule has 1 aromatic carbocycles. The summed E-state index contributed by atoms with van der Waals surface area (Å²) in [6.45, 7) is 0. The molecule has 0 amide bonds. The van der Waals surface area contributed by atoms with Crippen molar-refractivity contribution in [1.82, 2.24) is 16.1 Å². The molecule has 3 nitrogen and oxygen atoms in total. The van der Waals surface area contributed by atoms with Gasteiger partial charge in [-0.15, -0.1) is 0 Å². The second-order valence-electron chi connectivity index (χ2n) is 2.05. The van der Waals surface area contributed by atoms with E-state index in [-0.39, 0.29) is 27.2 Å². The third kappa shape index (κ3) is 2.10. The molecular weight excluding hydrogens is 333 g/mol. The van der Waals surface area contributed by atoms with E-state index in [9.17, 15) is 0 Å². The van der Waals surface area contributed by atoms with E-state index in [1.807, 2.05) is 24.3 Å². The van der Waals surface area contributed by atoms with E-state index < -0.39 is 0 Å². The van der Waals surface area contributed by atoms with Crippen LogP contribution in [0.15, 0.2) is 36.7 Å². The zero-order valence-electron chi connectivity index (χ0n) is 6.38.